The van der Waals surface area contributed by atoms with Crippen LogP contribution in [0.25, 0.3) is 0 Å². The van der Waals surface area contributed by atoms with Crippen molar-refractivity contribution in [3.05, 3.63) is 59.7 Å². The molecule has 1 aliphatic rings. The van der Waals surface area contributed by atoms with Crippen LogP contribution in [-0.2, 0) is 27.2 Å². The number of carbonyl (C=O) groups is 3. The molecule has 0 bridgehead atoms. The van der Waals surface area contributed by atoms with E-state index in [1.807, 2.05) is 0 Å². The molecule has 4 atom stereocenters. The summed E-state index contributed by atoms with van der Waals surface area (Å²) in [5.41, 5.74) is 12.1. The van der Waals surface area contributed by atoms with Crippen LogP contribution in [0.15, 0.2) is 53.5 Å². The van der Waals surface area contributed by atoms with E-state index in [1.165, 1.54) is 29.2 Å². The van der Waals surface area contributed by atoms with Gasteiger partial charge in [-0.25, -0.2) is 0 Å². The number of benzene rings is 2. The van der Waals surface area contributed by atoms with E-state index in [4.69, 9.17) is 11.5 Å². The van der Waals surface area contributed by atoms with Crippen molar-refractivity contribution in [1.82, 2.24) is 15.5 Å². The summed E-state index contributed by atoms with van der Waals surface area (Å²) in [4.78, 5) is 45.4. The highest BCUT2D eigenvalue weighted by molar-refractivity contribution is 5.93. The Morgan fingerprint density at radius 1 is 0.953 bits per heavy atom. The Morgan fingerprint density at radius 2 is 1.58 bits per heavy atom. The fourth-order valence-electron chi connectivity index (χ4n) is 5.00. The smallest absolute Gasteiger partial charge is 0.249 e. The fraction of sp³-hybridized carbons (Fsp3) is 0.467. The van der Waals surface area contributed by atoms with Gasteiger partial charge in [0.05, 0.1) is 12.6 Å². The number of aliphatic imine (C=N–C) groups is 1. The fourth-order valence-corrected chi connectivity index (χ4v) is 5.00. The van der Waals surface area contributed by atoms with Gasteiger partial charge in [-0.05, 0) is 73.9 Å². The van der Waals surface area contributed by atoms with Crippen LogP contribution in [0, 0.1) is 0 Å². The number of aliphatic hydroxyl groups excluding tert-OH is 2. The first kappa shape index (κ1) is 33.1. The first-order valence-corrected chi connectivity index (χ1v) is 14.4. The van der Waals surface area contributed by atoms with Crippen molar-refractivity contribution in [3.63, 3.8) is 0 Å². The highest BCUT2D eigenvalue weighted by atomic mass is 16.3. The summed E-state index contributed by atoms with van der Waals surface area (Å²) in [6.07, 6.45) is 1.08. The monoisotopic (exact) mass is 598 g/mol. The maximum Gasteiger partial charge on any atom is 0.249 e. The lowest BCUT2D eigenvalue weighted by molar-refractivity contribution is -0.143. The van der Waals surface area contributed by atoms with Crippen molar-refractivity contribution < 1.29 is 34.8 Å². The molecular weight excluding hydrogens is 556 g/mol. The number of carbonyl (C=O) groups excluding carboxylic acids is 3. The van der Waals surface area contributed by atoms with Crippen LogP contribution in [0.5, 0.6) is 11.5 Å². The van der Waals surface area contributed by atoms with Gasteiger partial charge in [0.15, 0.2) is 5.96 Å². The molecule has 13 nitrogen and oxygen atoms in total. The number of phenolic OH excluding ortho intramolecular Hbond substituents is 2. The van der Waals surface area contributed by atoms with Gasteiger partial charge >= 0.3 is 0 Å². The number of rotatable bonds is 15. The topological polar surface area (TPSA) is 224 Å². The van der Waals surface area contributed by atoms with E-state index in [9.17, 15) is 34.8 Å². The van der Waals surface area contributed by atoms with Crippen LogP contribution in [0.4, 0.5) is 0 Å². The lowest BCUT2D eigenvalue weighted by atomic mass is 10.0. The Bertz CT molecular complexity index is 1230. The van der Waals surface area contributed by atoms with Crippen LogP contribution in [0.3, 0.4) is 0 Å². The summed E-state index contributed by atoms with van der Waals surface area (Å²) in [5, 5.41) is 45.0. The van der Waals surface area contributed by atoms with Gasteiger partial charge in [0.2, 0.25) is 17.7 Å². The summed E-state index contributed by atoms with van der Waals surface area (Å²) in [5.74, 6) is -1.46. The Morgan fingerprint density at radius 3 is 2.19 bits per heavy atom. The third-order valence-electron chi connectivity index (χ3n) is 7.35. The lowest BCUT2D eigenvalue weighted by Crippen LogP contribution is -2.56. The number of guanidine groups is 1. The first-order valence-electron chi connectivity index (χ1n) is 14.4. The largest absolute Gasteiger partial charge is 0.508 e. The predicted molar refractivity (Wildman–Crippen MR) is 160 cm³/mol. The lowest BCUT2D eigenvalue weighted by Gasteiger charge is -2.30. The van der Waals surface area contributed by atoms with Crippen molar-refractivity contribution in [1.29, 1.82) is 0 Å². The zero-order valence-corrected chi connectivity index (χ0v) is 24.1. The third kappa shape index (κ3) is 10.5. The van der Waals surface area contributed by atoms with Crippen molar-refractivity contribution >= 4 is 23.7 Å². The minimum atomic E-state index is -1.45. The second-order valence-corrected chi connectivity index (χ2v) is 10.7. The number of aromatic hydroxyl groups is 2. The number of amides is 3. The molecule has 10 N–H and O–H groups in total. The Hall–Kier alpha value is -4.36. The van der Waals surface area contributed by atoms with Gasteiger partial charge in [-0.2, -0.15) is 0 Å². The standard InChI is InChI=1S/C30H42N6O7/c31-30(32)33-15-1-3-21(18-37)34-27(41)25-4-2-16-36(25)29(43)24(14-9-19-5-10-22(38)11-6-19)35-28(42)26(40)17-20-7-12-23(39)13-8-20/h5-8,10-13,21,24-26,37-40H,1-4,9,14-18H2,(H,34,41)(H,35,42)(H4,31,32,33)/t21-,24-,25+,26-/m1/s1. The van der Waals surface area contributed by atoms with Crippen molar-refractivity contribution in [2.45, 2.75) is 69.2 Å². The molecule has 2 aromatic rings. The molecule has 0 aliphatic carbocycles. The molecule has 2 aromatic carbocycles. The van der Waals surface area contributed by atoms with E-state index in [2.05, 4.69) is 15.6 Å². The third-order valence-corrected chi connectivity index (χ3v) is 7.35. The van der Waals surface area contributed by atoms with Crippen LogP contribution < -0.4 is 22.1 Å². The molecule has 0 radical (unpaired) electrons. The molecule has 0 aromatic heterocycles. The summed E-state index contributed by atoms with van der Waals surface area (Å²) in [6, 6.07) is 10.2. The van der Waals surface area contributed by atoms with Crippen LogP contribution in [0.1, 0.15) is 43.2 Å². The Kier molecular flexibility index (Phi) is 12.6. The number of nitrogens with zero attached hydrogens (tertiary/aromatic N) is 2. The second kappa shape index (κ2) is 16.3. The summed E-state index contributed by atoms with van der Waals surface area (Å²) < 4.78 is 0. The number of hydrogen-bond donors (Lipinski definition) is 8. The molecule has 0 spiro atoms. The van der Waals surface area contributed by atoms with Crippen molar-refractivity contribution in [2.24, 2.45) is 16.5 Å². The molecule has 13 heteroatoms. The maximum absolute atomic E-state index is 13.8. The van der Waals surface area contributed by atoms with Gasteiger partial charge in [0.25, 0.3) is 0 Å². The van der Waals surface area contributed by atoms with Gasteiger partial charge < -0.3 is 47.4 Å². The highest BCUT2D eigenvalue weighted by Gasteiger charge is 2.38. The number of aliphatic hydroxyl groups is 2. The molecule has 234 valence electrons. The summed E-state index contributed by atoms with van der Waals surface area (Å²) >= 11 is 0. The second-order valence-electron chi connectivity index (χ2n) is 10.7. The van der Waals surface area contributed by atoms with E-state index >= 15 is 0 Å². The minimum absolute atomic E-state index is 0.0224. The zero-order valence-electron chi connectivity index (χ0n) is 24.1. The van der Waals surface area contributed by atoms with Crippen LogP contribution in [-0.4, -0.2) is 92.9 Å². The maximum atomic E-state index is 13.8. The predicted octanol–water partition coefficient (Wildman–Crippen LogP) is -0.359. The number of phenols is 2. The SMILES string of the molecule is NC(N)=NCCC[C@H](CO)NC(=O)[C@@H]1CCCN1C(=O)[C@@H](CCc1ccc(O)cc1)NC(=O)[C@H](O)Cc1ccc(O)cc1. The van der Waals surface area contributed by atoms with Gasteiger partial charge in [-0.3, -0.25) is 19.4 Å². The average molecular weight is 599 g/mol. The highest BCUT2D eigenvalue weighted by Crippen LogP contribution is 2.21. The number of likely N-dealkylation sites (tertiary alicyclic amines) is 1. The number of aryl methyl sites for hydroxylation is 1. The van der Waals surface area contributed by atoms with Gasteiger partial charge in [0.1, 0.15) is 29.7 Å². The van der Waals surface area contributed by atoms with E-state index in [-0.39, 0.29) is 36.9 Å². The van der Waals surface area contributed by atoms with Crippen LogP contribution >= 0.6 is 0 Å². The molecule has 3 rings (SSSR count). The Balaban J connectivity index is 1.69. The van der Waals surface area contributed by atoms with E-state index in [1.54, 1.807) is 24.3 Å². The van der Waals surface area contributed by atoms with Crippen molar-refractivity contribution in [3.8, 4) is 11.5 Å². The van der Waals surface area contributed by atoms with E-state index in [0.717, 1.165) is 5.56 Å². The van der Waals surface area contributed by atoms with Crippen molar-refractivity contribution in [2.75, 3.05) is 19.7 Å². The molecule has 3 amide bonds. The van der Waals surface area contributed by atoms with E-state index in [0.29, 0.717) is 50.8 Å². The van der Waals surface area contributed by atoms with Crippen LogP contribution in [0.2, 0.25) is 0 Å². The number of nitrogens with one attached hydrogen (secondary N) is 2. The number of nitrogens with two attached hydrogens (primary N) is 2. The van der Waals surface area contributed by atoms with Gasteiger partial charge in [-0.15, -0.1) is 0 Å². The first-order chi connectivity index (χ1) is 20.6. The van der Waals surface area contributed by atoms with Gasteiger partial charge in [0, 0.05) is 19.5 Å². The van der Waals surface area contributed by atoms with Gasteiger partial charge in [-0.1, -0.05) is 24.3 Å². The molecule has 1 saturated heterocycles. The minimum Gasteiger partial charge on any atom is -0.508 e. The zero-order chi connectivity index (χ0) is 31.4. The molecular formula is C30H42N6O7. The number of hydrogen-bond acceptors (Lipinski definition) is 8. The average Bonchev–Trinajstić information content (AvgIpc) is 3.48. The quantitative estimate of drug-likeness (QED) is 0.0760. The summed E-state index contributed by atoms with van der Waals surface area (Å²) in [7, 11) is 0. The molecule has 0 saturated carbocycles. The Labute approximate surface area is 250 Å². The molecule has 1 heterocycles. The molecule has 1 aliphatic heterocycles. The molecule has 1 fully saturated rings. The summed E-state index contributed by atoms with van der Waals surface area (Å²) in [6.45, 7) is 0.370. The van der Waals surface area contributed by atoms with E-state index < -0.39 is 42.0 Å². The molecule has 0 unspecified atom stereocenters. The molecule has 43 heavy (non-hydrogen) atoms. The normalized spacial score (nSPS) is 16.6.